The van der Waals surface area contributed by atoms with Gasteiger partial charge in [0.2, 0.25) is 0 Å². The van der Waals surface area contributed by atoms with Gasteiger partial charge in [0.1, 0.15) is 12.7 Å². The molecule has 2 aromatic carbocycles. The lowest BCUT2D eigenvalue weighted by Crippen LogP contribution is -2.56. The predicted octanol–water partition coefficient (Wildman–Crippen LogP) is 1.59. The van der Waals surface area contributed by atoms with Crippen LogP contribution in [-0.2, 0) is 6.54 Å². The quantitative estimate of drug-likeness (QED) is 0.731. The first kappa shape index (κ1) is 18.3. The smallest absolute Gasteiger partial charge is 0.254 e. The van der Waals surface area contributed by atoms with Gasteiger partial charge in [0.15, 0.2) is 0 Å². The molecule has 7 nitrogen and oxygen atoms in total. The third kappa shape index (κ3) is 3.95. The summed E-state index contributed by atoms with van der Waals surface area (Å²) in [6.45, 7) is 2.79. The summed E-state index contributed by atoms with van der Waals surface area (Å²) in [5.41, 5.74) is 2.67. The number of carbonyl (C=O) groups excluding carboxylic acids is 1. The first-order chi connectivity index (χ1) is 13.7. The van der Waals surface area contributed by atoms with Gasteiger partial charge in [-0.1, -0.05) is 36.4 Å². The van der Waals surface area contributed by atoms with Crippen molar-refractivity contribution in [2.75, 3.05) is 26.2 Å². The van der Waals surface area contributed by atoms with Gasteiger partial charge in [-0.3, -0.25) is 14.3 Å². The van der Waals surface area contributed by atoms with E-state index in [0.717, 1.165) is 18.8 Å². The van der Waals surface area contributed by atoms with Crippen molar-refractivity contribution >= 4 is 5.91 Å². The van der Waals surface area contributed by atoms with E-state index in [1.54, 1.807) is 28.2 Å². The number of aromatic nitrogens is 3. The van der Waals surface area contributed by atoms with Crippen molar-refractivity contribution in [3.8, 4) is 5.69 Å². The van der Waals surface area contributed by atoms with Gasteiger partial charge < -0.3 is 10.0 Å². The maximum atomic E-state index is 13.1. The molecule has 0 radical (unpaired) electrons. The molecule has 3 aromatic rings. The van der Waals surface area contributed by atoms with Gasteiger partial charge in [-0.25, -0.2) is 0 Å². The van der Waals surface area contributed by atoms with Gasteiger partial charge in [0.25, 0.3) is 5.91 Å². The average molecular weight is 377 g/mol. The van der Waals surface area contributed by atoms with Crippen molar-refractivity contribution in [3.63, 3.8) is 0 Å². The van der Waals surface area contributed by atoms with Gasteiger partial charge in [0, 0.05) is 37.4 Å². The fourth-order valence-electron chi connectivity index (χ4n) is 3.63. The molecule has 1 saturated heterocycles. The maximum Gasteiger partial charge on any atom is 0.254 e. The van der Waals surface area contributed by atoms with E-state index in [2.05, 4.69) is 27.2 Å². The molecule has 1 aliphatic rings. The highest BCUT2D eigenvalue weighted by Gasteiger charge is 2.30. The number of aliphatic hydroxyl groups excluding tert-OH is 1. The standard InChI is InChI=1S/C21H23N5O2/c27-14-20-13-24(12-17-5-2-1-3-6-17)9-10-26(20)21(28)18-7-4-8-19(11-18)25-15-22-23-16-25/h1-8,11,15-16,20,27H,9-10,12-14H2/t20-/m0/s1. The minimum absolute atomic E-state index is 0.0534. The van der Waals surface area contributed by atoms with Crippen molar-refractivity contribution in [1.82, 2.24) is 24.6 Å². The van der Waals surface area contributed by atoms with Crippen LogP contribution in [0.2, 0.25) is 0 Å². The Hall–Kier alpha value is -3.03. The van der Waals surface area contributed by atoms with Gasteiger partial charge in [-0.2, -0.15) is 0 Å². The van der Waals surface area contributed by atoms with Crippen LogP contribution in [0.3, 0.4) is 0 Å². The molecule has 0 bridgehead atoms. The molecule has 0 spiro atoms. The molecule has 4 rings (SSSR count). The molecule has 144 valence electrons. The lowest BCUT2D eigenvalue weighted by atomic mass is 10.1. The Morgan fingerprint density at radius 1 is 1.04 bits per heavy atom. The molecule has 2 heterocycles. The van der Waals surface area contributed by atoms with Crippen molar-refractivity contribution in [2.45, 2.75) is 12.6 Å². The zero-order valence-corrected chi connectivity index (χ0v) is 15.6. The zero-order chi connectivity index (χ0) is 19.3. The topological polar surface area (TPSA) is 74.5 Å². The third-order valence-corrected chi connectivity index (χ3v) is 5.10. The van der Waals surface area contributed by atoms with Crippen LogP contribution in [0.15, 0.2) is 67.3 Å². The van der Waals surface area contributed by atoms with Gasteiger partial charge in [-0.15, -0.1) is 10.2 Å². The molecule has 1 amide bonds. The van der Waals surface area contributed by atoms with E-state index in [-0.39, 0.29) is 18.6 Å². The second-order valence-corrected chi connectivity index (χ2v) is 6.98. The highest BCUT2D eigenvalue weighted by molar-refractivity contribution is 5.95. The van der Waals surface area contributed by atoms with Crippen LogP contribution in [0.4, 0.5) is 0 Å². The Bertz CT molecular complexity index is 914. The Morgan fingerprint density at radius 3 is 2.57 bits per heavy atom. The second-order valence-electron chi connectivity index (χ2n) is 6.98. The van der Waals surface area contributed by atoms with Crippen LogP contribution in [0.25, 0.3) is 5.69 Å². The zero-order valence-electron chi connectivity index (χ0n) is 15.6. The van der Waals surface area contributed by atoms with E-state index >= 15 is 0 Å². The van der Waals surface area contributed by atoms with Crippen LogP contribution in [0.1, 0.15) is 15.9 Å². The van der Waals surface area contributed by atoms with E-state index < -0.39 is 0 Å². The highest BCUT2D eigenvalue weighted by Crippen LogP contribution is 2.18. The fourth-order valence-corrected chi connectivity index (χ4v) is 3.63. The lowest BCUT2D eigenvalue weighted by Gasteiger charge is -2.40. The van der Waals surface area contributed by atoms with Crippen molar-refractivity contribution in [3.05, 3.63) is 78.4 Å². The lowest BCUT2D eigenvalue weighted by molar-refractivity contribution is 0.0282. The molecule has 0 unspecified atom stereocenters. The van der Waals surface area contributed by atoms with E-state index in [9.17, 15) is 9.90 Å². The van der Waals surface area contributed by atoms with Crippen molar-refractivity contribution in [1.29, 1.82) is 0 Å². The van der Waals surface area contributed by atoms with Crippen LogP contribution in [-0.4, -0.2) is 67.9 Å². The Balaban J connectivity index is 1.47. The molecule has 1 fully saturated rings. The van der Waals surface area contributed by atoms with Gasteiger partial charge >= 0.3 is 0 Å². The molecule has 0 aliphatic carbocycles. The molecule has 1 atom stereocenters. The number of amides is 1. The number of piperazine rings is 1. The first-order valence-electron chi connectivity index (χ1n) is 9.38. The fraction of sp³-hybridized carbons (Fsp3) is 0.286. The van der Waals surface area contributed by atoms with E-state index in [4.69, 9.17) is 0 Å². The minimum atomic E-state index is -0.219. The number of rotatable bonds is 5. The maximum absolute atomic E-state index is 13.1. The number of benzene rings is 2. The Labute approximate surface area is 163 Å². The minimum Gasteiger partial charge on any atom is -0.394 e. The molecule has 7 heteroatoms. The summed E-state index contributed by atoms with van der Waals surface area (Å²) >= 11 is 0. The number of aliphatic hydroxyl groups is 1. The summed E-state index contributed by atoms with van der Waals surface area (Å²) in [7, 11) is 0. The average Bonchev–Trinajstić information content (AvgIpc) is 3.29. The number of hydrogen-bond donors (Lipinski definition) is 1. The summed E-state index contributed by atoms with van der Waals surface area (Å²) in [6, 6.07) is 17.4. The molecule has 1 aromatic heterocycles. The van der Waals surface area contributed by atoms with Crippen LogP contribution in [0.5, 0.6) is 0 Å². The molecule has 0 saturated carbocycles. The SMILES string of the molecule is O=C(c1cccc(-n2cnnc2)c1)N1CCN(Cc2ccccc2)C[C@H]1CO. The van der Waals surface area contributed by atoms with Crippen LogP contribution in [0, 0.1) is 0 Å². The van der Waals surface area contributed by atoms with E-state index in [1.807, 2.05) is 36.4 Å². The van der Waals surface area contributed by atoms with Gasteiger partial charge in [-0.05, 0) is 23.8 Å². The highest BCUT2D eigenvalue weighted by atomic mass is 16.3. The summed E-state index contributed by atoms with van der Waals surface area (Å²) in [5.74, 6) is -0.0617. The van der Waals surface area contributed by atoms with E-state index in [0.29, 0.717) is 18.7 Å². The summed E-state index contributed by atoms with van der Waals surface area (Å²) in [4.78, 5) is 17.2. The summed E-state index contributed by atoms with van der Waals surface area (Å²) < 4.78 is 1.76. The second kappa shape index (κ2) is 8.33. The first-order valence-corrected chi connectivity index (χ1v) is 9.38. The normalized spacial score (nSPS) is 17.6. The van der Waals surface area contributed by atoms with Crippen molar-refractivity contribution in [2.24, 2.45) is 0 Å². The molecular formula is C21H23N5O2. The molecule has 1 aliphatic heterocycles. The molecule has 28 heavy (non-hydrogen) atoms. The van der Waals surface area contributed by atoms with Gasteiger partial charge in [0.05, 0.1) is 12.6 Å². The monoisotopic (exact) mass is 377 g/mol. The van der Waals surface area contributed by atoms with Crippen LogP contribution < -0.4 is 0 Å². The Kier molecular flexibility index (Phi) is 5.45. The molecular weight excluding hydrogens is 354 g/mol. The van der Waals surface area contributed by atoms with E-state index in [1.165, 1.54) is 5.56 Å². The summed E-state index contributed by atoms with van der Waals surface area (Å²) in [5, 5.41) is 17.5. The summed E-state index contributed by atoms with van der Waals surface area (Å²) in [6.07, 6.45) is 3.20. The molecule has 1 N–H and O–H groups in total. The third-order valence-electron chi connectivity index (χ3n) is 5.10. The largest absolute Gasteiger partial charge is 0.394 e. The van der Waals surface area contributed by atoms with Crippen LogP contribution >= 0.6 is 0 Å². The number of hydrogen-bond acceptors (Lipinski definition) is 5. The predicted molar refractivity (Wildman–Crippen MR) is 105 cm³/mol. The van der Waals surface area contributed by atoms with Crippen molar-refractivity contribution < 1.29 is 9.90 Å². The Morgan fingerprint density at radius 2 is 1.82 bits per heavy atom. The number of nitrogens with zero attached hydrogens (tertiary/aromatic N) is 5. The number of carbonyl (C=O) groups is 1.